The Balaban J connectivity index is 0.000000187. The van der Waals surface area contributed by atoms with Crippen LogP contribution in [0.15, 0.2) is 42.9 Å². The van der Waals surface area contributed by atoms with Crippen molar-refractivity contribution in [2.24, 2.45) is 7.05 Å². The zero-order valence-corrected chi connectivity index (χ0v) is 16.2. The van der Waals surface area contributed by atoms with E-state index in [1.54, 1.807) is 17.9 Å². The Morgan fingerprint density at radius 1 is 1.15 bits per heavy atom. The Morgan fingerprint density at radius 3 is 2.27 bits per heavy atom. The van der Waals surface area contributed by atoms with Gasteiger partial charge in [-0.25, -0.2) is 9.78 Å². The Bertz CT molecular complexity index is 681. The van der Waals surface area contributed by atoms with E-state index >= 15 is 0 Å². The summed E-state index contributed by atoms with van der Waals surface area (Å²) in [5, 5.41) is 9.37. The molecule has 3 rings (SSSR count). The number of nitrogens with zero attached hydrogens (tertiary/aromatic N) is 2. The molecular weight excluding hydrogens is 328 g/mol. The summed E-state index contributed by atoms with van der Waals surface area (Å²) < 4.78 is 6.80. The van der Waals surface area contributed by atoms with Crippen LogP contribution in [0.2, 0.25) is 0 Å². The van der Waals surface area contributed by atoms with E-state index in [1.165, 1.54) is 11.8 Å². The van der Waals surface area contributed by atoms with Gasteiger partial charge in [0.1, 0.15) is 11.3 Å². The second-order valence-electron chi connectivity index (χ2n) is 7.81. The van der Waals surface area contributed by atoms with Crippen molar-refractivity contribution in [2.75, 3.05) is 0 Å². The van der Waals surface area contributed by atoms with E-state index in [9.17, 15) is 9.90 Å². The van der Waals surface area contributed by atoms with E-state index < -0.39 is 5.60 Å². The summed E-state index contributed by atoms with van der Waals surface area (Å²) in [6.45, 7) is 5.50. The number of aromatic nitrogens is 2. The van der Waals surface area contributed by atoms with E-state index in [1.807, 2.05) is 20.8 Å². The van der Waals surface area contributed by atoms with Gasteiger partial charge in [0.2, 0.25) is 0 Å². The highest BCUT2D eigenvalue weighted by atomic mass is 16.6. The molecule has 0 aliphatic heterocycles. The van der Waals surface area contributed by atoms with Gasteiger partial charge in [0, 0.05) is 7.05 Å². The van der Waals surface area contributed by atoms with Crippen molar-refractivity contribution in [3.8, 4) is 0 Å². The average molecular weight is 358 g/mol. The Hall–Kier alpha value is -2.14. The lowest BCUT2D eigenvalue weighted by atomic mass is 9.83. The summed E-state index contributed by atoms with van der Waals surface area (Å²) >= 11 is 0. The molecule has 0 amide bonds. The number of hydrogen-bond donors (Lipinski definition) is 1. The maximum atomic E-state index is 11.5. The minimum Gasteiger partial charge on any atom is -0.455 e. The molecule has 0 atom stereocenters. The van der Waals surface area contributed by atoms with Crippen molar-refractivity contribution < 1.29 is 14.6 Å². The molecule has 0 saturated heterocycles. The first kappa shape index (κ1) is 20.2. The summed E-state index contributed by atoms with van der Waals surface area (Å²) in [5.41, 5.74) is 1.45. The van der Waals surface area contributed by atoms with E-state index in [2.05, 4.69) is 35.3 Å². The van der Waals surface area contributed by atoms with Crippen LogP contribution in [-0.2, 0) is 11.8 Å². The van der Waals surface area contributed by atoms with E-state index in [0.29, 0.717) is 11.6 Å². The van der Waals surface area contributed by atoms with Crippen LogP contribution in [0.5, 0.6) is 0 Å². The zero-order valence-electron chi connectivity index (χ0n) is 16.2. The third kappa shape index (κ3) is 6.30. The van der Waals surface area contributed by atoms with Crippen LogP contribution < -0.4 is 0 Å². The number of imidazole rings is 1. The Labute approximate surface area is 156 Å². The van der Waals surface area contributed by atoms with Gasteiger partial charge >= 0.3 is 5.97 Å². The Kier molecular flexibility index (Phi) is 6.98. The van der Waals surface area contributed by atoms with E-state index in [0.717, 1.165) is 25.7 Å². The number of aliphatic hydroxyl groups is 1. The number of aliphatic hydroxyl groups excluding tert-OH is 1. The molecule has 5 nitrogen and oxygen atoms in total. The quantitative estimate of drug-likeness (QED) is 0.822. The molecule has 0 spiro atoms. The first-order chi connectivity index (χ1) is 12.3. The van der Waals surface area contributed by atoms with Gasteiger partial charge in [-0.2, -0.15) is 0 Å². The molecular formula is C21H30N2O3. The largest absolute Gasteiger partial charge is 0.455 e. The van der Waals surface area contributed by atoms with Gasteiger partial charge in [-0.1, -0.05) is 30.3 Å². The third-order valence-corrected chi connectivity index (χ3v) is 4.39. The highest BCUT2D eigenvalue weighted by molar-refractivity contribution is 5.87. The molecule has 0 unspecified atom stereocenters. The number of esters is 1. The standard InChI is InChI=1S/C12H16O.C9H14N2O2/c13-12-8-6-11(7-9-12)10-4-2-1-3-5-10;1-9(2,3)13-8(12)7-5-10-6-11(7)4/h1-5,11-13H,6-9H2;5-6H,1-4H3. The predicted octanol–water partition coefficient (Wildman–Crippen LogP) is 4.08. The molecule has 1 N–H and O–H groups in total. The lowest BCUT2D eigenvalue weighted by molar-refractivity contribution is 0.00589. The van der Waals surface area contributed by atoms with Crippen LogP contribution in [0.3, 0.4) is 0 Å². The number of carbonyl (C=O) groups excluding carboxylic acids is 1. The molecule has 0 bridgehead atoms. The third-order valence-electron chi connectivity index (χ3n) is 4.39. The number of ether oxygens (including phenoxy) is 1. The second-order valence-corrected chi connectivity index (χ2v) is 7.81. The molecule has 142 valence electrons. The van der Waals surface area contributed by atoms with Crippen LogP contribution in [0.1, 0.15) is 68.4 Å². The first-order valence-corrected chi connectivity index (χ1v) is 9.19. The molecule has 1 aromatic heterocycles. The molecule has 5 heteroatoms. The van der Waals surface area contributed by atoms with Crippen molar-refractivity contribution in [1.82, 2.24) is 9.55 Å². The summed E-state index contributed by atoms with van der Waals surface area (Å²) in [6.07, 6.45) is 7.25. The minimum atomic E-state index is -0.457. The van der Waals surface area contributed by atoms with Crippen molar-refractivity contribution >= 4 is 5.97 Å². The molecule has 1 saturated carbocycles. The van der Waals surface area contributed by atoms with Crippen LogP contribution in [-0.4, -0.2) is 32.3 Å². The van der Waals surface area contributed by atoms with Crippen LogP contribution in [0, 0.1) is 0 Å². The fourth-order valence-corrected chi connectivity index (χ4v) is 3.02. The smallest absolute Gasteiger partial charge is 0.357 e. The topological polar surface area (TPSA) is 64.4 Å². The monoisotopic (exact) mass is 358 g/mol. The molecule has 0 radical (unpaired) electrons. The number of hydrogen-bond acceptors (Lipinski definition) is 4. The molecule has 1 aliphatic carbocycles. The highest BCUT2D eigenvalue weighted by Crippen LogP contribution is 2.32. The molecule has 2 aromatic rings. The highest BCUT2D eigenvalue weighted by Gasteiger charge is 2.20. The SMILES string of the molecule is Cn1cncc1C(=O)OC(C)(C)C.OC1CCC(c2ccccc2)CC1. The van der Waals surface area contributed by atoms with Crippen molar-refractivity contribution in [3.05, 3.63) is 54.1 Å². The van der Waals surface area contributed by atoms with Gasteiger partial charge in [0.25, 0.3) is 0 Å². The fourth-order valence-electron chi connectivity index (χ4n) is 3.02. The van der Waals surface area contributed by atoms with Gasteiger partial charge in [0.15, 0.2) is 0 Å². The van der Waals surface area contributed by atoms with Gasteiger partial charge in [-0.3, -0.25) is 0 Å². The lowest BCUT2D eigenvalue weighted by Crippen LogP contribution is -2.25. The second kappa shape index (κ2) is 8.99. The number of aryl methyl sites for hydroxylation is 1. The van der Waals surface area contributed by atoms with Crippen LogP contribution in [0.25, 0.3) is 0 Å². The van der Waals surface area contributed by atoms with Gasteiger partial charge < -0.3 is 14.4 Å². The van der Waals surface area contributed by atoms with Crippen LogP contribution in [0.4, 0.5) is 0 Å². The number of benzene rings is 1. The van der Waals surface area contributed by atoms with Crippen molar-refractivity contribution in [2.45, 2.75) is 64.1 Å². The summed E-state index contributed by atoms with van der Waals surface area (Å²) in [7, 11) is 1.76. The van der Waals surface area contributed by atoms with E-state index in [-0.39, 0.29) is 12.1 Å². The van der Waals surface area contributed by atoms with Gasteiger partial charge in [-0.15, -0.1) is 0 Å². The summed E-state index contributed by atoms with van der Waals surface area (Å²) in [6, 6.07) is 10.6. The Morgan fingerprint density at radius 2 is 1.77 bits per heavy atom. The number of rotatable bonds is 2. The van der Waals surface area contributed by atoms with Crippen molar-refractivity contribution in [1.29, 1.82) is 0 Å². The predicted molar refractivity (Wildman–Crippen MR) is 102 cm³/mol. The maximum absolute atomic E-state index is 11.5. The molecule has 1 aromatic carbocycles. The van der Waals surface area contributed by atoms with Crippen molar-refractivity contribution in [3.63, 3.8) is 0 Å². The fraction of sp³-hybridized carbons (Fsp3) is 0.524. The first-order valence-electron chi connectivity index (χ1n) is 9.19. The molecule has 1 aliphatic rings. The minimum absolute atomic E-state index is 0.0417. The summed E-state index contributed by atoms with van der Waals surface area (Å²) in [5.74, 6) is 0.345. The molecule has 1 heterocycles. The average Bonchev–Trinajstić information content (AvgIpc) is 3.02. The summed E-state index contributed by atoms with van der Waals surface area (Å²) in [4.78, 5) is 15.3. The van der Waals surface area contributed by atoms with E-state index in [4.69, 9.17) is 4.74 Å². The van der Waals surface area contributed by atoms with Crippen LogP contribution >= 0.6 is 0 Å². The zero-order chi connectivity index (χ0) is 19.2. The van der Waals surface area contributed by atoms with Gasteiger partial charge in [0.05, 0.1) is 18.6 Å². The lowest BCUT2D eigenvalue weighted by Gasteiger charge is -2.25. The normalized spacial score (nSPS) is 20.0. The maximum Gasteiger partial charge on any atom is 0.357 e. The van der Waals surface area contributed by atoms with Gasteiger partial charge in [-0.05, 0) is 57.9 Å². The molecule has 26 heavy (non-hydrogen) atoms. The number of carbonyl (C=O) groups is 1. The molecule has 1 fully saturated rings.